The van der Waals surface area contributed by atoms with E-state index in [1.54, 1.807) is 0 Å². The normalized spacial score (nSPS) is 11.8. The number of hydrogen-bond donors (Lipinski definition) is 0. The van der Waals surface area contributed by atoms with Crippen molar-refractivity contribution in [1.29, 1.82) is 0 Å². The maximum atomic E-state index is 2.52. The minimum Gasteiger partial charge on any atom is -0.302 e. The van der Waals surface area contributed by atoms with Crippen LogP contribution < -0.4 is 0 Å². The Balaban J connectivity index is 2.02. The van der Waals surface area contributed by atoms with Crippen LogP contribution in [0.1, 0.15) is 179 Å². The van der Waals surface area contributed by atoms with Crippen molar-refractivity contribution in [1.82, 2.24) is 9.80 Å². The molecule has 0 aliphatic rings. The maximum Gasteiger partial charge on any atom is 0.0230 e. The Hall–Kier alpha value is -0.860. The molecule has 0 bridgehead atoms. The van der Waals surface area contributed by atoms with Crippen LogP contribution in [0.15, 0.2) is 24.3 Å². The predicted molar refractivity (Wildman–Crippen MR) is 181 cm³/mol. The molecule has 0 unspecified atom stereocenters. The van der Waals surface area contributed by atoms with Crippen LogP contribution in [0.5, 0.6) is 0 Å². The van der Waals surface area contributed by atoms with E-state index in [0.717, 1.165) is 13.1 Å². The molecule has 0 radical (unpaired) electrons. The molecule has 0 N–H and O–H groups in total. The molecule has 1 rings (SSSR count). The molecule has 0 saturated carbocycles. The van der Waals surface area contributed by atoms with Crippen molar-refractivity contribution in [2.75, 3.05) is 27.2 Å². The number of hydrogen-bond acceptors (Lipinski definition) is 2. The minimum absolute atomic E-state index is 1.08. The van der Waals surface area contributed by atoms with E-state index in [1.807, 2.05) is 0 Å². The molecule has 0 aliphatic heterocycles. The molecule has 2 nitrogen and oxygen atoms in total. The molecule has 0 amide bonds. The summed E-state index contributed by atoms with van der Waals surface area (Å²) in [5.74, 6) is 0. The summed E-state index contributed by atoms with van der Waals surface area (Å²) in [5, 5.41) is 0. The summed E-state index contributed by atoms with van der Waals surface area (Å²) in [6, 6.07) is 9.33. The van der Waals surface area contributed by atoms with E-state index in [1.165, 1.54) is 178 Å². The summed E-state index contributed by atoms with van der Waals surface area (Å²) in [6.07, 6.45) is 34.2. The molecule has 234 valence electrons. The van der Waals surface area contributed by atoms with Crippen LogP contribution in [0.4, 0.5) is 0 Å². The lowest BCUT2D eigenvalue weighted by molar-refractivity contribution is 0.311. The van der Waals surface area contributed by atoms with E-state index in [4.69, 9.17) is 0 Å². The molecule has 1 aromatic rings. The zero-order valence-electron chi connectivity index (χ0n) is 28.0. The van der Waals surface area contributed by atoms with Crippen molar-refractivity contribution in [2.24, 2.45) is 0 Å². The van der Waals surface area contributed by atoms with Gasteiger partial charge in [-0.3, -0.25) is 0 Å². The monoisotopic (exact) mass is 557 g/mol. The standard InChI is InChI=1S/C38H72N2/c1-5-7-9-11-13-15-17-19-21-23-25-27-32-39(3)35-37-30-29-31-38(34-37)36-40(4)33-28-26-24-22-20-18-16-14-12-10-8-6-2/h29-31,34H,5-28,32-33,35-36H2,1-4H3. The summed E-state index contributed by atoms with van der Waals surface area (Å²) >= 11 is 0. The van der Waals surface area contributed by atoms with Crippen molar-refractivity contribution in [2.45, 2.75) is 181 Å². The van der Waals surface area contributed by atoms with E-state index in [-0.39, 0.29) is 0 Å². The van der Waals surface area contributed by atoms with Crippen molar-refractivity contribution < 1.29 is 0 Å². The van der Waals surface area contributed by atoms with Crippen LogP contribution in [0.3, 0.4) is 0 Å². The smallest absolute Gasteiger partial charge is 0.0230 e. The van der Waals surface area contributed by atoms with Gasteiger partial charge in [0.2, 0.25) is 0 Å². The van der Waals surface area contributed by atoms with Crippen LogP contribution in [0, 0.1) is 0 Å². The Kier molecular flexibility index (Phi) is 26.3. The van der Waals surface area contributed by atoms with Gasteiger partial charge < -0.3 is 9.80 Å². The fourth-order valence-electron chi connectivity index (χ4n) is 6.05. The zero-order valence-corrected chi connectivity index (χ0v) is 28.0. The number of rotatable bonds is 30. The molecule has 40 heavy (non-hydrogen) atoms. The highest BCUT2D eigenvalue weighted by Gasteiger charge is 2.05. The molecule has 2 heteroatoms. The quantitative estimate of drug-likeness (QED) is 0.0869. The van der Waals surface area contributed by atoms with Crippen LogP contribution >= 0.6 is 0 Å². The van der Waals surface area contributed by atoms with Gasteiger partial charge in [0.1, 0.15) is 0 Å². The first-order valence-corrected chi connectivity index (χ1v) is 18.1. The number of unbranched alkanes of at least 4 members (excludes halogenated alkanes) is 22. The Labute approximate surface area is 253 Å². The highest BCUT2D eigenvalue weighted by molar-refractivity contribution is 5.23. The van der Waals surface area contributed by atoms with Gasteiger partial charge in [-0.05, 0) is 51.2 Å². The lowest BCUT2D eigenvalue weighted by atomic mass is 10.1. The second kappa shape index (κ2) is 28.3. The van der Waals surface area contributed by atoms with E-state index in [9.17, 15) is 0 Å². The Morgan fingerprint density at radius 3 is 0.975 bits per heavy atom. The molecule has 0 saturated heterocycles. The van der Waals surface area contributed by atoms with Crippen molar-refractivity contribution >= 4 is 0 Å². The molecule has 0 atom stereocenters. The average Bonchev–Trinajstić information content (AvgIpc) is 2.94. The Morgan fingerprint density at radius 2 is 0.675 bits per heavy atom. The second-order valence-electron chi connectivity index (χ2n) is 13.1. The van der Waals surface area contributed by atoms with Crippen LogP contribution in [0.2, 0.25) is 0 Å². The fourth-order valence-corrected chi connectivity index (χ4v) is 6.05. The van der Waals surface area contributed by atoms with E-state index >= 15 is 0 Å². The molecule has 0 spiro atoms. The molecule has 0 fully saturated rings. The van der Waals surface area contributed by atoms with Gasteiger partial charge >= 0.3 is 0 Å². The minimum atomic E-state index is 1.08. The van der Waals surface area contributed by atoms with Gasteiger partial charge in [0, 0.05) is 13.1 Å². The highest BCUT2D eigenvalue weighted by atomic mass is 15.1. The van der Waals surface area contributed by atoms with Gasteiger partial charge in [-0.25, -0.2) is 0 Å². The first-order valence-electron chi connectivity index (χ1n) is 18.1. The van der Waals surface area contributed by atoms with Gasteiger partial charge in [-0.1, -0.05) is 179 Å². The van der Waals surface area contributed by atoms with Crippen molar-refractivity contribution in [3.63, 3.8) is 0 Å². The summed E-state index contributed by atoms with van der Waals surface area (Å²) in [6.45, 7) is 9.20. The Morgan fingerprint density at radius 1 is 0.400 bits per heavy atom. The molecule has 0 aliphatic carbocycles. The van der Waals surface area contributed by atoms with Gasteiger partial charge in [0.05, 0.1) is 0 Å². The number of benzene rings is 1. The largest absolute Gasteiger partial charge is 0.302 e. The SMILES string of the molecule is CCCCCCCCCCCCCCN(C)Cc1cccc(CN(C)CCCCCCCCCCCCCC)c1. The predicted octanol–water partition coefficient (Wildman–Crippen LogP) is 12.0. The summed E-state index contributed by atoms with van der Waals surface area (Å²) in [5.41, 5.74) is 2.94. The third kappa shape index (κ3) is 23.8. The van der Waals surface area contributed by atoms with Crippen LogP contribution in [0.25, 0.3) is 0 Å². The summed E-state index contributed by atoms with van der Waals surface area (Å²) in [7, 11) is 4.59. The molecule has 0 aromatic heterocycles. The maximum absolute atomic E-state index is 2.52. The van der Waals surface area contributed by atoms with Crippen molar-refractivity contribution in [3.05, 3.63) is 35.4 Å². The van der Waals surface area contributed by atoms with E-state index in [0.29, 0.717) is 0 Å². The molecular weight excluding hydrogens is 484 g/mol. The topological polar surface area (TPSA) is 6.48 Å². The van der Waals surface area contributed by atoms with Gasteiger partial charge in [-0.15, -0.1) is 0 Å². The summed E-state index contributed by atoms with van der Waals surface area (Å²) in [4.78, 5) is 5.04. The lowest BCUT2D eigenvalue weighted by Gasteiger charge is -2.19. The first kappa shape index (κ1) is 37.2. The molecule has 0 heterocycles. The van der Waals surface area contributed by atoms with Crippen molar-refractivity contribution in [3.8, 4) is 0 Å². The van der Waals surface area contributed by atoms with Gasteiger partial charge in [0.25, 0.3) is 0 Å². The highest BCUT2D eigenvalue weighted by Crippen LogP contribution is 2.15. The van der Waals surface area contributed by atoms with Gasteiger partial charge in [0.15, 0.2) is 0 Å². The first-order chi connectivity index (χ1) is 19.7. The zero-order chi connectivity index (χ0) is 28.9. The summed E-state index contributed by atoms with van der Waals surface area (Å²) < 4.78 is 0. The lowest BCUT2D eigenvalue weighted by Crippen LogP contribution is -2.20. The van der Waals surface area contributed by atoms with E-state index < -0.39 is 0 Å². The fraction of sp³-hybridized carbons (Fsp3) is 0.842. The Bertz CT molecular complexity index is 591. The average molecular weight is 557 g/mol. The van der Waals surface area contributed by atoms with Crippen LogP contribution in [-0.4, -0.2) is 37.0 Å². The van der Waals surface area contributed by atoms with Crippen LogP contribution in [-0.2, 0) is 13.1 Å². The van der Waals surface area contributed by atoms with E-state index in [2.05, 4.69) is 62.0 Å². The molecular formula is C38H72N2. The number of nitrogens with zero attached hydrogens (tertiary/aromatic N) is 2. The third-order valence-electron chi connectivity index (χ3n) is 8.68. The van der Waals surface area contributed by atoms with Gasteiger partial charge in [-0.2, -0.15) is 0 Å². The second-order valence-corrected chi connectivity index (χ2v) is 13.1. The third-order valence-corrected chi connectivity index (χ3v) is 8.68. The molecule has 1 aromatic carbocycles.